The van der Waals surface area contributed by atoms with Crippen LogP contribution >= 0.6 is 0 Å². The summed E-state index contributed by atoms with van der Waals surface area (Å²) in [6.07, 6.45) is -7.59. The Hall–Kier alpha value is -3.44. The predicted molar refractivity (Wildman–Crippen MR) is 109 cm³/mol. The van der Waals surface area contributed by atoms with Crippen LogP contribution < -0.4 is 14.9 Å². The van der Waals surface area contributed by atoms with Gasteiger partial charge in [0, 0.05) is 6.07 Å². The summed E-state index contributed by atoms with van der Waals surface area (Å²) in [6, 6.07) is 11.7. The SMILES string of the molecule is COc1cc2c(=O)c(-c3ccccc3)coc2cc1OC1O[C@H](C(=O)O)[C@@H](O)[C@H](O)[C@H]1O. The van der Waals surface area contributed by atoms with Gasteiger partial charge in [0.25, 0.3) is 0 Å². The monoisotopic (exact) mass is 444 g/mol. The normalized spacial score (nSPS) is 25.4. The number of carboxylic acids is 1. The van der Waals surface area contributed by atoms with Gasteiger partial charge >= 0.3 is 5.97 Å². The fraction of sp³-hybridized carbons (Fsp3) is 0.273. The zero-order valence-electron chi connectivity index (χ0n) is 16.7. The van der Waals surface area contributed by atoms with Gasteiger partial charge in [-0.1, -0.05) is 30.3 Å². The van der Waals surface area contributed by atoms with Crippen LogP contribution in [0.3, 0.4) is 0 Å². The molecule has 0 spiro atoms. The van der Waals surface area contributed by atoms with Gasteiger partial charge in [0.2, 0.25) is 11.7 Å². The van der Waals surface area contributed by atoms with E-state index in [1.165, 1.54) is 25.5 Å². The van der Waals surface area contributed by atoms with E-state index in [2.05, 4.69) is 0 Å². The lowest BCUT2D eigenvalue weighted by molar-refractivity contribution is -0.271. The second-order valence-electron chi connectivity index (χ2n) is 7.20. The Morgan fingerprint density at radius 3 is 2.38 bits per heavy atom. The minimum absolute atomic E-state index is 0.0348. The van der Waals surface area contributed by atoms with Crippen LogP contribution in [0.1, 0.15) is 0 Å². The zero-order valence-corrected chi connectivity index (χ0v) is 16.7. The Morgan fingerprint density at radius 2 is 1.72 bits per heavy atom. The molecule has 2 aromatic carbocycles. The van der Waals surface area contributed by atoms with Gasteiger partial charge in [-0.05, 0) is 11.6 Å². The van der Waals surface area contributed by atoms with Gasteiger partial charge in [0.05, 0.1) is 18.1 Å². The van der Waals surface area contributed by atoms with E-state index < -0.39 is 36.7 Å². The van der Waals surface area contributed by atoms with E-state index in [1.54, 1.807) is 24.3 Å². The van der Waals surface area contributed by atoms with Crippen molar-refractivity contribution >= 4 is 16.9 Å². The first-order valence-electron chi connectivity index (χ1n) is 9.60. The summed E-state index contributed by atoms with van der Waals surface area (Å²) in [5, 5.41) is 39.4. The highest BCUT2D eigenvalue weighted by Gasteiger charge is 2.48. The van der Waals surface area contributed by atoms with Crippen molar-refractivity contribution in [1.29, 1.82) is 0 Å². The van der Waals surface area contributed by atoms with Gasteiger partial charge in [0.15, 0.2) is 17.6 Å². The number of fused-ring (bicyclic) bond motifs is 1. The molecule has 1 fully saturated rings. The molecule has 0 saturated carbocycles. The Morgan fingerprint density at radius 1 is 1.00 bits per heavy atom. The minimum Gasteiger partial charge on any atom is -0.493 e. The predicted octanol–water partition coefficient (Wildman–Crippen LogP) is 0.740. The first kappa shape index (κ1) is 21.8. The Labute approximate surface area is 180 Å². The number of carbonyl (C=O) groups is 1. The van der Waals surface area contributed by atoms with Crippen LogP contribution in [0, 0.1) is 0 Å². The number of ether oxygens (including phenoxy) is 3. The molecule has 10 heteroatoms. The van der Waals surface area contributed by atoms with E-state index in [0.29, 0.717) is 11.1 Å². The molecule has 0 bridgehead atoms. The maximum absolute atomic E-state index is 13.0. The Balaban J connectivity index is 1.72. The number of rotatable bonds is 5. The van der Waals surface area contributed by atoms with E-state index in [-0.39, 0.29) is 27.9 Å². The first-order chi connectivity index (χ1) is 15.3. The number of hydrogen-bond acceptors (Lipinski definition) is 9. The van der Waals surface area contributed by atoms with Crippen molar-refractivity contribution < 1.29 is 43.8 Å². The molecule has 3 aromatic rings. The maximum Gasteiger partial charge on any atom is 0.335 e. The van der Waals surface area contributed by atoms with Crippen molar-refractivity contribution in [3.05, 3.63) is 59.0 Å². The van der Waals surface area contributed by atoms with Crippen LogP contribution in [0.4, 0.5) is 0 Å². The molecule has 32 heavy (non-hydrogen) atoms. The van der Waals surface area contributed by atoms with E-state index in [0.717, 1.165) is 0 Å². The fourth-order valence-corrected chi connectivity index (χ4v) is 3.48. The van der Waals surface area contributed by atoms with Crippen molar-refractivity contribution in [2.75, 3.05) is 7.11 Å². The van der Waals surface area contributed by atoms with Gasteiger partial charge in [-0.15, -0.1) is 0 Å². The topological polar surface area (TPSA) is 156 Å². The van der Waals surface area contributed by atoms with E-state index in [1.807, 2.05) is 6.07 Å². The van der Waals surface area contributed by atoms with Crippen LogP contribution in [-0.2, 0) is 9.53 Å². The molecule has 10 nitrogen and oxygen atoms in total. The van der Waals surface area contributed by atoms with Crippen LogP contribution in [-0.4, -0.2) is 64.2 Å². The molecule has 0 radical (unpaired) electrons. The molecule has 1 saturated heterocycles. The number of aliphatic hydroxyl groups excluding tert-OH is 3. The zero-order chi connectivity index (χ0) is 23.0. The number of aliphatic hydroxyl groups is 3. The molecule has 5 atom stereocenters. The second-order valence-corrected chi connectivity index (χ2v) is 7.20. The quantitative estimate of drug-likeness (QED) is 0.443. The molecule has 168 valence electrons. The van der Waals surface area contributed by atoms with Crippen LogP contribution in [0.5, 0.6) is 11.5 Å². The molecule has 4 rings (SSSR count). The molecule has 4 N–H and O–H groups in total. The second kappa shape index (κ2) is 8.60. The average molecular weight is 444 g/mol. The van der Waals surface area contributed by atoms with Crippen molar-refractivity contribution in [3.8, 4) is 22.6 Å². The fourth-order valence-electron chi connectivity index (χ4n) is 3.48. The summed E-state index contributed by atoms with van der Waals surface area (Å²) in [4.78, 5) is 24.3. The van der Waals surface area contributed by atoms with E-state index in [4.69, 9.17) is 18.6 Å². The van der Waals surface area contributed by atoms with Gasteiger partial charge in [0.1, 0.15) is 30.2 Å². The molecular formula is C22H20O10. The lowest BCUT2D eigenvalue weighted by atomic mass is 9.99. The summed E-state index contributed by atoms with van der Waals surface area (Å²) >= 11 is 0. The van der Waals surface area contributed by atoms with E-state index in [9.17, 15) is 30.0 Å². The van der Waals surface area contributed by atoms with Crippen molar-refractivity contribution in [2.45, 2.75) is 30.7 Å². The smallest absolute Gasteiger partial charge is 0.335 e. The van der Waals surface area contributed by atoms with Gasteiger partial charge in [-0.2, -0.15) is 0 Å². The Bertz CT molecular complexity index is 1190. The molecular weight excluding hydrogens is 424 g/mol. The van der Waals surface area contributed by atoms with Crippen molar-refractivity contribution in [1.82, 2.24) is 0 Å². The Kier molecular flexibility index (Phi) is 5.85. The molecule has 1 aliphatic rings. The highest BCUT2D eigenvalue weighted by molar-refractivity contribution is 5.84. The highest BCUT2D eigenvalue weighted by atomic mass is 16.7. The van der Waals surface area contributed by atoms with Gasteiger partial charge < -0.3 is 39.1 Å². The van der Waals surface area contributed by atoms with E-state index >= 15 is 0 Å². The van der Waals surface area contributed by atoms with Gasteiger partial charge in [-0.25, -0.2) is 4.79 Å². The van der Waals surface area contributed by atoms with Crippen LogP contribution in [0.2, 0.25) is 0 Å². The standard InChI is InChI=1S/C22H20O10/c1-29-14-7-11-13(30-9-12(16(11)23)10-5-3-2-4-6-10)8-15(14)31-22-19(26)17(24)18(25)20(32-22)21(27)28/h2-9,17-20,22,24-26H,1H3,(H,27,28)/t17-,18-,19+,20-,22?/m0/s1. The summed E-state index contributed by atoms with van der Waals surface area (Å²) in [5.74, 6) is -1.49. The molecule has 0 amide bonds. The third-order valence-electron chi connectivity index (χ3n) is 5.20. The third-order valence-corrected chi connectivity index (χ3v) is 5.20. The third kappa shape index (κ3) is 3.80. The summed E-state index contributed by atoms with van der Waals surface area (Å²) < 4.78 is 21.6. The first-order valence-corrected chi connectivity index (χ1v) is 9.60. The number of hydrogen-bond donors (Lipinski definition) is 4. The van der Waals surface area contributed by atoms with Crippen molar-refractivity contribution in [2.24, 2.45) is 0 Å². The summed E-state index contributed by atoms with van der Waals surface area (Å²) in [7, 11) is 1.33. The molecule has 1 aromatic heterocycles. The lowest BCUT2D eigenvalue weighted by Crippen LogP contribution is -2.61. The average Bonchev–Trinajstić information content (AvgIpc) is 2.79. The van der Waals surface area contributed by atoms with Crippen LogP contribution in [0.25, 0.3) is 22.1 Å². The number of benzene rings is 2. The number of methoxy groups -OCH3 is 1. The molecule has 1 unspecified atom stereocenters. The summed E-state index contributed by atoms with van der Waals surface area (Å²) in [5.41, 5.74) is 0.863. The molecule has 2 heterocycles. The minimum atomic E-state index is -1.85. The number of carboxylic acid groups (broad SMARTS) is 1. The van der Waals surface area contributed by atoms with Crippen LogP contribution in [0.15, 0.2) is 57.9 Å². The number of aliphatic carboxylic acids is 1. The van der Waals surface area contributed by atoms with Crippen molar-refractivity contribution in [3.63, 3.8) is 0 Å². The lowest BCUT2D eigenvalue weighted by Gasteiger charge is -2.38. The summed E-state index contributed by atoms with van der Waals surface area (Å²) in [6.45, 7) is 0. The maximum atomic E-state index is 13.0. The van der Waals surface area contributed by atoms with Gasteiger partial charge in [-0.3, -0.25) is 4.79 Å². The largest absolute Gasteiger partial charge is 0.493 e. The highest BCUT2D eigenvalue weighted by Crippen LogP contribution is 2.35. The molecule has 0 aliphatic carbocycles. The molecule has 1 aliphatic heterocycles.